The summed E-state index contributed by atoms with van der Waals surface area (Å²) >= 11 is 5.87. The van der Waals surface area contributed by atoms with Gasteiger partial charge in [0, 0.05) is 22.2 Å². The molecule has 0 spiro atoms. The first kappa shape index (κ1) is 16.7. The lowest BCUT2D eigenvalue weighted by molar-refractivity contribution is 0.103. The summed E-state index contributed by atoms with van der Waals surface area (Å²) in [5.41, 5.74) is 2.07. The molecule has 0 unspecified atom stereocenters. The maximum Gasteiger partial charge on any atom is 0.193 e. The van der Waals surface area contributed by atoms with E-state index in [1.807, 2.05) is 0 Å². The molecule has 1 aliphatic carbocycles. The fourth-order valence-electron chi connectivity index (χ4n) is 3.11. The quantitative estimate of drug-likeness (QED) is 0.559. The van der Waals surface area contributed by atoms with Crippen molar-refractivity contribution in [3.8, 4) is 0 Å². The van der Waals surface area contributed by atoms with E-state index in [1.165, 1.54) is 19.3 Å². The van der Waals surface area contributed by atoms with Gasteiger partial charge in [0.05, 0.1) is 5.69 Å². The number of halogens is 1. The summed E-state index contributed by atoms with van der Waals surface area (Å²) in [5, 5.41) is 7.06. The first-order chi connectivity index (χ1) is 11.7. The van der Waals surface area contributed by atoms with Crippen LogP contribution >= 0.6 is 11.6 Å². The van der Waals surface area contributed by atoms with Crippen LogP contribution in [0.25, 0.3) is 0 Å². The second kappa shape index (κ2) is 7.58. The fraction of sp³-hybridized carbons (Fsp3) is 0.316. The molecule has 3 rings (SSSR count). The zero-order chi connectivity index (χ0) is 16.9. The highest BCUT2D eigenvalue weighted by molar-refractivity contribution is 6.30. The molecule has 0 aromatic heterocycles. The molecule has 5 heteroatoms. The molecule has 1 N–H and O–H groups in total. The van der Waals surface area contributed by atoms with Gasteiger partial charge in [-0.05, 0) is 60.5 Å². The number of benzene rings is 2. The van der Waals surface area contributed by atoms with Crippen LogP contribution in [0, 0.1) is 4.91 Å². The molecule has 2 aromatic carbocycles. The number of nitroso groups, excluding NO2 is 1. The maximum atomic E-state index is 12.6. The van der Waals surface area contributed by atoms with E-state index < -0.39 is 0 Å². The molecular weight excluding hydrogens is 324 g/mol. The lowest BCUT2D eigenvalue weighted by atomic mass is 9.95. The number of hydrogen-bond acceptors (Lipinski definition) is 4. The average Bonchev–Trinajstić information content (AvgIpc) is 2.62. The molecule has 0 amide bonds. The Morgan fingerprint density at radius 3 is 2.33 bits per heavy atom. The van der Waals surface area contributed by atoms with E-state index in [9.17, 15) is 9.70 Å². The Hall–Kier alpha value is -2.20. The topological polar surface area (TPSA) is 58.5 Å². The van der Waals surface area contributed by atoms with Crippen molar-refractivity contribution in [1.29, 1.82) is 0 Å². The van der Waals surface area contributed by atoms with Crippen molar-refractivity contribution in [3.63, 3.8) is 0 Å². The number of nitrogens with one attached hydrogen (secondary N) is 1. The molecule has 24 heavy (non-hydrogen) atoms. The Morgan fingerprint density at radius 2 is 1.67 bits per heavy atom. The number of carbonyl (C=O) groups excluding carboxylic acids is 1. The van der Waals surface area contributed by atoms with Gasteiger partial charge in [-0.2, -0.15) is 0 Å². The summed E-state index contributed by atoms with van der Waals surface area (Å²) in [5.74, 6) is -0.101. The van der Waals surface area contributed by atoms with Crippen molar-refractivity contribution in [2.75, 3.05) is 5.32 Å². The normalized spacial score (nSPS) is 15.0. The lowest BCUT2D eigenvalue weighted by Crippen LogP contribution is -2.22. The average molecular weight is 343 g/mol. The number of carbonyl (C=O) groups is 1. The van der Waals surface area contributed by atoms with Crippen LogP contribution in [0.5, 0.6) is 0 Å². The third-order valence-electron chi connectivity index (χ3n) is 4.43. The Morgan fingerprint density at radius 1 is 1.00 bits per heavy atom. The smallest absolute Gasteiger partial charge is 0.193 e. The van der Waals surface area contributed by atoms with Gasteiger partial charge in [0.2, 0.25) is 0 Å². The van der Waals surface area contributed by atoms with Crippen molar-refractivity contribution in [1.82, 2.24) is 0 Å². The summed E-state index contributed by atoms with van der Waals surface area (Å²) in [6, 6.07) is 12.1. The van der Waals surface area contributed by atoms with Crippen molar-refractivity contribution in [2.45, 2.75) is 38.1 Å². The highest BCUT2D eigenvalue weighted by Gasteiger charge is 2.17. The summed E-state index contributed by atoms with van der Waals surface area (Å²) in [4.78, 5) is 23.7. The summed E-state index contributed by atoms with van der Waals surface area (Å²) in [6.45, 7) is 0. The van der Waals surface area contributed by atoms with Gasteiger partial charge in [-0.15, -0.1) is 4.91 Å². The number of hydrogen-bond donors (Lipinski definition) is 1. The van der Waals surface area contributed by atoms with Gasteiger partial charge in [0.15, 0.2) is 5.78 Å². The van der Waals surface area contributed by atoms with Crippen LogP contribution in [0.3, 0.4) is 0 Å². The Kier molecular flexibility index (Phi) is 5.26. The summed E-state index contributed by atoms with van der Waals surface area (Å²) in [6.07, 6.45) is 5.78. The molecular formula is C19H19ClN2O2. The second-order valence-corrected chi connectivity index (χ2v) is 6.57. The molecule has 2 aromatic rings. The Labute approximate surface area is 146 Å². The van der Waals surface area contributed by atoms with Gasteiger partial charge < -0.3 is 5.32 Å². The minimum absolute atomic E-state index is 0.101. The molecule has 1 saturated carbocycles. The van der Waals surface area contributed by atoms with E-state index in [-0.39, 0.29) is 5.78 Å². The van der Waals surface area contributed by atoms with Crippen LogP contribution in [0.15, 0.2) is 47.6 Å². The zero-order valence-electron chi connectivity index (χ0n) is 13.3. The van der Waals surface area contributed by atoms with Crippen LogP contribution < -0.4 is 5.32 Å². The number of nitrogens with zero attached hydrogens (tertiary/aromatic N) is 1. The van der Waals surface area contributed by atoms with Gasteiger partial charge in [0.1, 0.15) is 5.69 Å². The van der Waals surface area contributed by atoms with E-state index in [1.54, 1.807) is 42.5 Å². The van der Waals surface area contributed by atoms with Crippen molar-refractivity contribution < 1.29 is 4.79 Å². The Bertz CT molecular complexity index is 738. The highest BCUT2D eigenvalue weighted by Crippen LogP contribution is 2.30. The lowest BCUT2D eigenvalue weighted by Gasteiger charge is -2.24. The number of ketones is 1. The van der Waals surface area contributed by atoms with E-state index in [4.69, 9.17) is 11.6 Å². The van der Waals surface area contributed by atoms with E-state index in [0.717, 1.165) is 12.8 Å². The van der Waals surface area contributed by atoms with E-state index in [0.29, 0.717) is 33.6 Å². The largest absolute Gasteiger partial charge is 0.380 e. The zero-order valence-corrected chi connectivity index (χ0v) is 14.1. The number of anilines is 1. The molecule has 4 nitrogen and oxygen atoms in total. The molecule has 0 saturated heterocycles. The van der Waals surface area contributed by atoms with Gasteiger partial charge in [-0.25, -0.2) is 0 Å². The van der Waals surface area contributed by atoms with Gasteiger partial charge in [0.25, 0.3) is 0 Å². The SMILES string of the molecule is O=Nc1ccc(C(=O)c2ccc(Cl)cc2)cc1NC1CCCCC1. The van der Waals surface area contributed by atoms with Crippen molar-refractivity contribution in [3.05, 3.63) is 63.5 Å². The van der Waals surface area contributed by atoms with Crippen LogP contribution in [-0.4, -0.2) is 11.8 Å². The minimum Gasteiger partial charge on any atom is -0.380 e. The molecule has 124 valence electrons. The van der Waals surface area contributed by atoms with E-state index >= 15 is 0 Å². The monoisotopic (exact) mass is 342 g/mol. The maximum absolute atomic E-state index is 12.6. The first-order valence-corrected chi connectivity index (χ1v) is 8.59. The molecule has 0 aliphatic heterocycles. The molecule has 0 atom stereocenters. The van der Waals surface area contributed by atoms with Crippen LogP contribution in [0.2, 0.25) is 5.02 Å². The van der Waals surface area contributed by atoms with Crippen LogP contribution in [-0.2, 0) is 0 Å². The van der Waals surface area contributed by atoms with Gasteiger partial charge in [-0.1, -0.05) is 30.9 Å². The summed E-state index contributed by atoms with van der Waals surface area (Å²) < 4.78 is 0. The standard InChI is InChI=1S/C19H19ClN2O2/c20-15-9-6-13(7-10-15)19(23)14-8-11-17(22-24)18(12-14)21-16-4-2-1-3-5-16/h6-12,16,21H,1-5H2. The van der Waals surface area contributed by atoms with Gasteiger partial charge in [-0.3, -0.25) is 4.79 Å². The fourth-order valence-corrected chi connectivity index (χ4v) is 3.23. The van der Waals surface area contributed by atoms with Gasteiger partial charge >= 0.3 is 0 Å². The molecule has 0 radical (unpaired) electrons. The third-order valence-corrected chi connectivity index (χ3v) is 4.68. The summed E-state index contributed by atoms with van der Waals surface area (Å²) in [7, 11) is 0. The van der Waals surface area contributed by atoms with Crippen molar-refractivity contribution in [2.24, 2.45) is 5.18 Å². The van der Waals surface area contributed by atoms with Crippen molar-refractivity contribution >= 4 is 28.8 Å². The molecule has 0 heterocycles. The van der Waals surface area contributed by atoms with Crippen LogP contribution in [0.4, 0.5) is 11.4 Å². The van der Waals surface area contributed by atoms with Crippen LogP contribution in [0.1, 0.15) is 48.0 Å². The molecule has 1 fully saturated rings. The predicted molar refractivity (Wildman–Crippen MR) is 97.3 cm³/mol. The molecule has 1 aliphatic rings. The van der Waals surface area contributed by atoms with E-state index in [2.05, 4.69) is 10.5 Å². The minimum atomic E-state index is -0.101. The predicted octanol–water partition coefficient (Wildman–Crippen LogP) is 5.71. The first-order valence-electron chi connectivity index (χ1n) is 8.21. The number of rotatable bonds is 5. The highest BCUT2D eigenvalue weighted by atomic mass is 35.5. The Balaban J connectivity index is 1.86. The third kappa shape index (κ3) is 3.82. The molecule has 0 bridgehead atoms. The second-order valence-electron chi connectivity index (χ2n) is 6.14.